The Morgan fingerprint density at radius 2 is 2.25 bits per heavy atom. The SMILES string of the molecule is CCC(c1cccc(Cl)c1)n1nccc1N. The molecule has 0 aliphatic rings. The highest BCUT2D eigenvalue weighted by Crippen LogP contribution is 2.25. The second kappa shape index (κ2) is 4.58. The Morgan fingerprint density at radius 3 is 2.81 bits per heavy atom. The molecule has 0 spiro atoms. The van der Waals surface area contributed by atoms with Crippen LogP contribution in [0.15, 0.2) is 36.5 Å². The number of hydrogen-bond acceptors (Lipinski definition) is 2. The van der Waals surface area contributed by atoms with Crippen LogP contribution in [0.1, 0.15) is 24.9 Å². The van der Waals surface area contributed by atoms with E-state index >= 15 is 0 Å². The molecule has 0 saturated heterocycles. The normalized spacial score (nSPS) is 12.6. The molecular weight excluding hydrogens is 222 g/mol. The summed E-state index contributed by atoms with van der Waals surface area (Å²) in [4.78, 5) is 0. The molecule has 0 fully saturated rings. The van der Waals surface area contributed by atoms with Crippen LogP contribution in [-0.2, 0) is 0 Å². The fraction of sp³-hybridized carbons (Fsp3) is 0.250. The van der Waals surface area contributed by atoms with Gasteiger partial charge in [-0.2, -0.15) is 5.10 Å². The first-order valence-electron chi connectivity index (χ1n) is 5.27. The number of rotatable bonds is 3. The standard InChI is InChI=1S/C12H14ClN3/c1-2-11(16-12(14)6-7-15-16)9-4-3-5-10(13)8-9/h3-8,11H,2,14H2,1H3. The van der Waals surface area contributed by atoms with Crippen molar-refractivity contribution in [2.24, 2.45) is 0 Å². The first-order chi connectivity index (χ1) is 7.72. The van der Waals surface area contributed by atoms with E-state index in [1.165, 1.54) is 0 Å². The summed E-state index contributed by atoms with van der Waals surface area (Å²) in [6.07, 6.45) is 2.63. The number of anilines is 1. The zero-order valence-electron chi connectivity index (χ0n) is 9.10. The van der Waals surface area contributed by atoms with Crippen LogP contribution >= 0.6 is 11.6 Å². The highest BCUT2D eigenvalue weighted by Gasteiger charge is 2.14. The highest BCUT2D eigenvalue weighted by atomic mass is 35.5. The van der Waals surface area contributed by atoms with Crippen LogP contribution < -0.4 is 5.73 Å². The minimum Gasteiger partial charge on any atom is -0.384 e. The Labute approximate surface area is 99.8 Å². The second-order valence-corrected chi connectivity index (χ2v) is 4.12. The Kier molecular flexibility index (Phi) is 3.15. The van der Waals surface area contributed by atoms with Crippen molar-refractivity contribution in [3.8, 4) is 0 Å². The molecule has 0 aliphatic carbocycles. The number of aromatic nitrogens is 2. The number of halogens is 1. The van der Waals surface area contributed by atoms with Crippen LogP contribution in [0.4, 0.5) is 5.82 Å². The molecule has 1 aromatic heterocycles. The Morgan fingerprint density at radius 1 is 1.44 bits per heavy atom. The molecule has 0 aliphatic heterocycles. The molecule has 3 nitrogen and oxygen atoms in total. The average Bonchev–Trinajstić information content (AvgIpc) is 2.67. The summed E-state index contributed by atoms with van der Waals surface area (Å²) in [7, 11) is 0. The Balaban J connectivity index is 2.40. The van der Waals surface area contributed by atoms with E-state index in [-0.39, 0.29) is 6.04 Å². The molecule has 1 atom stereocenters. The smallest absolute Gasteiger partial charge is 0.122 e. The van der Waals surface area contributed by atoms with Gasteiger partial charge in [0.2, 0.25) is 0 Å². The van der Waals surface area contributed by atoms with E-state index in [1.807, 2.05) is 28.9 Å². The molecule has 0 bridgehead atoms. The van der Waals surface area contributed by atoms with Gasteiger partial charge in [0.05, 0.1) is 12.2 Å². The molecule has 4 heteroatoms. The fourth-order valence-corrected chi connectivity index (χ4v) is 2.05. The summed E-state index contributed by atoms with van der Waals surface area (Å²) < 4.78 is 1.83. The second-order valence-electron chi connectivity index (χ2n) is 3.68. The van der Waals surface area contributed by atoms with Crippen molar-refractivity contribution in [1.29, 1.82) is 0 Å². The monoisotopic (exact) mass is 235 g/mol. The molecule has 1 heterocycles. The molecule has 16 heavy (non-hydrogen) atoms. The fourth-order valence-electron chi connectivity index (χ4n) is 1.85. The van der Waals surface area contributed by atoms with Crippen molar-refractivity contribution in [2.75, 3.05) is 5.73 Å². The van der Waals surface area contributed by atoms with Gasteiger partial charge < -0.3 is 5.73 Å². The Hall–Kier alpha value is -1.48. The average molecular weight is 236 g/mol. The lowest BCUT2D eigenvalue weighted by molar-refractivity contribution is 0.516. The molecule has 0 amide bonds. The van der Waals surface area contributed by atoms with E-state index in [0.717, 1.165) is 17.0 Å². The van der Waals surface area contributed by atoms with Crippen LogP contribution in [0, 0.1) is 0 Å². The summed E-state index contributed by atoms with van der Waals surface area (Å²) >= 11 is 5.99. The minimum atomic E-state index is 0.147. The van der Waals surface area contributed by atoms with Crippen LogP contribution in [-0.4, -0.2) is 9.78 Å². The summed E-state index contributed by atoms with van der Waals surface area (Å²) in [5.74, 6) is 0.673. The number of nitrogens with zero attached hydrogens (tertiary/aromatic N) is 2. The lowest BCUT2D eigenvalue weighted by Crippen LogP contribution is -2.13. The zero-order chi connectivity index (χ0) is 11.5. The quantitative estimate of drug-likeness (QED) is 0.889. The van der Waals surface area contributed by atoms with Gasteiger partial charge >= 0.3 is 0 Å². The van der Waals surface area contributed by atoms with Crippen LogP contribution in [0.3, 0.4) is 0 Å². The summed E-state index contributed by atoms with van der Waals surface area (Å²) in [5.41, 5.74) is 6.99. The maximum atomic E-state index is 5.99. The molecule has 1 aromatic carbocycles. The number of nitrogen functional groups attached to an aromatic ring is 1. The van der Waals surface area contributed by atoms with E-state index < -0.39 is 0 Å². The topological polar surface area (TPSA) is 43.8 Å². The molecule has 2 rings (SSSR count). The molecule has 84 valence electrons. The predicted molar refractivity (Wildman–Crippen MR) is 66.5 cm³/mol. The van der Waals surface area contributed by atoms with Crippen molar-refractivity contribution in [2.45, 2.75) is 19.4 Å². The van der Waals surface area contributed by atoms with Crippen molar-refractivity contribution in [3.63, 3.8) is 0 Å². The highest BCUT2D eigenvalue weighted by molar-refractivity contribution is 6.30. The molecular formula is C12H14ClN3. The van der Waals surface area contributed by atoms with Gasteiger partial charge in [-0.05, 0) is 30.2 Å². The van der Waals surface area contributed by atoms with Crippen LogP contribution in [0.5, 0.6) is 0 Å². The van der Waals surface area contributed by atoms with Gasteiger partial charge in [0.15, 0.2) is 0 Å². The molecule has 1 unspecified atom stereocenters. The largest absolute Gasteiger partial charge is 0.384 e. The van der Waals surface area contributed by atoms with Crippen LogP contribution in [0.2, 0.25) is 5.02 Å². The van der Waals surface area contributed by atoms with Gasteiger partial charge in [0, 0.05) is 5.02 Å². The number of nitrogens with two attached hydrogens (primary N) is 1. The third-order valence-electron chi connectivity index (χ3n) is 2.62. The maximum absolute atomic E-state index is 5.99. The van der Waals surface area contributed by atoms with Gasteiger partial charge in [-0.25, -0.2) is 4.68 Å². The van der Waals surface area contributed by atoms with Crippen molar-refractivity contribution in [1.82, 2.24) is 9.78 Å². The predicted octanol–water partition coefficient (Wildman–Crippen LogP) is 3.12. The minimum absolute atomic E-state index is 0.147. The van der Waals surface area contributed by atoms with Gasteiger partial charge in [0.25, 0.3) is 0 Å². The van der Waals surface area contributed by atoms with Crippen molar-refractivity contribution in [3.05, 3.63) is 47.1 Å². The summed E-state index contributed by atoms with van der Waals surface area (Å²) in [5, 5.41) is 4.98. The summed E-state index contributed by atoms with van der Waals surface area (Å²) in [6.45, 7) is 2.10. The molecule has 2 aromatic rings. The third kappa shape index (κ3) is 2.04. The van der Waals surface area contributed by atoms with Gasteiger partial charge in [-0.3, -0.25) is 0 Å². The summed E-state index contributed by atoms with van der Waals surface area (Å²) in [6, 6.07) is 9.75. The van der Waals surface area contributed by atoms with Crippen LogP contribution in [0.25, 0.3) is 0 Å². The van der Waals surface area contributed by atoms with E-state index in [4.69, 9.17) is 17.3 Å². The van der Waals surface area contributed by atoms with E-state index in [0.29, 0.717) is 5.82 Å². The zero-order valence-corrected chi connectivity index (χ0v) is 9.85. The first-order valence-corrected chi connectivity index (χ1v) is 5.64. The van der Waals surface area contributed by atoms with Gasteiger partial charge in [-0.15, -0.1) is 0 Å². The van der Waals surface area contributed by atoms with Gasteiger partial charge in [0.1, 0.15) is 5.82 Å². The molecule has 2 N–H and O–H groups in total. The Bertz CT molecular complexity index is 479. The molecule has 0 saturated carbocycles. The van der Waals surface area contributed by atoms with Gasteiger partial charge in [-0.1, -0.05) is 30.7 Å². The lowest BCUT2D eigenvalue weighted by atomic mass is 10.1. The lowest BCUT2D eigenvalue weighted by Gasteiger charge is -2.17. The van der Waals surface area contributed by atoms with E-state index in [2.05, 4.69) is 12.0 Å². The van der Waals surface area contributed by atoms with Crippen molar-refractivity contribution >= 4 is 17.4 Å². The van der Waals surface area contributed by atoms with Crippen molar-refractivity contribution < 1.29 is 0 Å². The molecule has 0 radical (unpaired) electrons. The van der Waals surface area contributed by atoms with E-state index in [1.54, 1.807) is 12.3 Å². The number of benzene rings is 1. The first kappa shape index (κ1) is 11.0. The third-order valence-corrected chi connectivity index (χ3v) is 2.85. The maximum Gasteiger partial charge on any atom is 0.122 e. The number of hydrogen-bond donors (Lipinski definition) is 1. The van der Waals surface area contributed by atoms with E-state index in [9.17, 15) is 0 Å².